The molecule has 0 spiro atoms. The second-order valence-corrected chi connectivity index (χ2v) is 5.62. The summed E-state index contributed by atoms with van der Waals surface area (Å²) >= 11 is 5.92. The molecule has 2 N–H and O–H groups in total. The van der Waals surface area contributed by atoms with Crippen molar-refractivity contribution >= 4 is 17.6 Å². The summed E-state index contributed by atoms with van der Waals surface area (Å²) in [5, 5.41) is 6.39. The molecule has 122 valence electrons. The smallest absolute Gasteiger partial charge is 0.315 e. The molecule has 2 amide bonds. The molecule has 4 nitrogen and oxygen atoms in total. The van der Waals surface area contributed by atoms with Crippen molar-refractivity contribution < 1.29 is 9.53 Å². The van der Waals surface area contributed by atoms with E-state index in [4.69, 9.17) is 16.3 Å². The van der Waals surface area contributed by atoms with Gasteiger partial charge in [-0.3, -0.25) is 0 Å². The lowest BCUT2D eigenvalue weighted by Gasteiger charge is -2.15. The molecule has 0 aliphatic rings. The third-order valence-corrected chi connectivity index (χ3v) is 3.62. The molecular formula is C18H21ClN2O2. The number of rotatable bonds is 6. The van der Waals surface area contributed by atoms with Crippen molar-refractivity contribution in [1.29, 1.82) is 0 Å². The highest BCUT2D eigenvalue weighted by atomic mass is 35.5. The van der Waals surface area contributed by atoms with Crippen LogP contribution in [0.4, 0.5) is 4.79 Å². The number of amides is 2. The summed E-state index contributed by atoms with van der Waals surface area (Å²) in [5.41, 5.74) is 1.98. The van der Waals surface area contributed by atoms with Crippen molar-refractivity contribution in [2.75, 3.05) is 6.61 Å². The van der Waals surface area contributed by atoms with Gasteiger partial charge in [0, 0.05) is 11.6 Å². The minimum Gasteiger partial charge on any atom is -0.494 e. The molecule has 2 aromatic carbocycles. The molecule has 0 saturated carbocycles. The summed E-state index contributed by atoms with van der Waals surface area (Å²) in [6, 6.07) is 14.8. The number of hydrogen-bond donors (Lipinski definition) is 2. The average molecular weight is 333 g/mol. The van der Waals surface area contributed by atoms with Crippen LogP contribution in [0.1, 0.15) is 31.0 Å². The van der Waals surface area contributed by atoms with Gasteiger partial charge in [-0.15, -0.1) is 0 Å². The van der Waals surface area contributed by atoms with E-state index in [1.54, 1.807) is 6.07 Å². The molecule has 1 atom stereocenters. The minimum atomic E-state index is -0.216. The summed E-state index contributed by atoms with van der Waals surface area (Å²) < 4.78 is 5.41. The Balaban J connectivity index is 1.84. The normalized spacial score (nSPS) is 11.6. The summed E-state index contributed by atoms with van der Waals surface area (Å²) in [4.78, 5) is 12.0. The highest BCUT2D eigenvalue weighted by molar-refractivity contribution is 6.30. The fraction of sp³-hybridized carbons (Fsp3) is 0.278. The predicted octanol–water partition coefficient (Wildman–Crippen LogP) is 4.30. The molecule has 5 heteroatoms. The molecule has 0 fully saturated rings. The van der Waals surface area contributed by atoms with Crippen LogP contribution in [0, 0.1) is 0 Å². The van der Waals surface area contributed by atoms with Crippen LogP contribution in [0.5, 0.6) is 5.75 Å². The lowest BCUT2D eigenvalue weighted by Crippen LogP contribution is -2.36. The lowest BCUT2D eigenvalue weighted by atomic mass is 10.1. The van der Waals surface area contributed by atoms with E-state index in [9.17, 15) is 4.79 Å². The van der Waals surface area contributed by atoms with E-state index in [0.717, 1.165) is 16.9 Å². The molecule has 0 heterocycles. The van der Waals surface area contributed by atoms with Crippen molar-refractivity contribution in [3.8, 4) is 5.75 Å². The van der Waals surface area contributed by atoms with E-state index in [0.29, 0.717) is 18.2 Å². The van der Waals surface area contributed by atoms with Crippen molar-refractivity contribution in [3.63, 3.8) is 0 Å². The van der Waals surface area contributed by atoms with Gasteiger partial charge in [0.25, 0.3) is 0 Å². The zero-order chi connectivity index (χ0) is 16.7. The largest absolute Gasteiger partial charge is 0.494 e. The summed E-state index contributed by atoms with van der Waals surface area (Å²) in [6.07, 6.45) is 0. The van der Waals surface area contributed by atoms with Gasteiger partial charge in [0.15, 0.2) is 0 Å². The Bertz CT molecular complexity index is 644. The van der Waals surface area contributed by atoms with Crippen molar-refractivity contribution in [2.45, 2.75) is 26.4 Å². The zero-order valence-corrected chi connectivity index (χ0v) is 14.1. The third-order valence-electron chi connectivity index (χ3n) is 3.38. The first kappa shape index (κ1) is 17.2. The summed E-state index contributed by atoms with van der Waals surface area (Å²) in [5.74, 6) is 0.828. The molecule has 0 radical (unpaired) electrons. The molecule has 23 heavy (non-hydrogen) atoms. The van der Waals surface area contributed by atoms with Crippen LogP contribution in [0.3, 0.4) is 0 Å². The number of urea groups is 1. The molecule has 0 unspecified atom stereocenters. The fourth-order valence-electron chi connectivity index (χ4n) is 2.18. The number of hydrogen-bond acceptors (Lipinski definition) is 2. The highest BCUT2D eigenvalue weighted by Gasteiger charge is 2.09. The molecule has 0 bridgehead atoms. The topological polar surface area (TPSA) is 50.4 Å². The van der Waals surface area contributed by atoms with E-state index in [1.807, 2.05) is 56.3 Å². The summed E-state index contributed by atoms with van der Waals surface area (Å²) in [7, 11) is 0. The first-order chi connectivity index (χ1) is 11.1. The van der Waals surface area contributed by atoms with Crippen LogP contribution in [0.15, 0.2) is 48.5 Å². The lowest BCUT2D eigenvalue weighted by molar-refractivity contribution is 0.237. The maximum atomic E-state index is 12.0. The van der Waals surface area contributed by atoms with Gasteiger partial charge in [0.1, 0.15) is 5.75 Å². The Morgan fingerprint density at radius 1 is 1.22 bits per heavy atom. The van der Waals surface area contributed by atoms with Gasteiger partial charge in [-0.2, -0.15) is 0 Å². The number of benzene rings is 2. The monoisotopic (exact) mass is 332 g/mol. The van der Waals surface area contributed by atoms with Gasteiger partial charge in [-0.05, 0) is 49.2 Å². The SMILES string of the molecule is CCOc1ccc([C@H](C)NC(=O)NCc2cccc(Cl)c2)cc1. The van der Waals surface area contributed by atoms with Crippen molar-refractivity contribution in [1.82, 2.24) is 10.6 Å². The van der Waals surface area contributed by atoms with Gasteiger partial charge < -0.3 is 15.4 Å². The third kappa shape index (κ3) is 5.49. The minimum absolute atomic E-state index is 0.0926. The molecule has 0 aliphatic carbocycles. The molecule has 0 aromatic heterocycles. The van der Waals surface area contributed by atoms with Crippen LogP contribution < -0.4 is 15.4 Å². The predicted molar refractivity (Wildman–Crippen MR) is 92.8 cm³/mol. The Morgan fingerprint density at radius 3 is 2.61 bits per heavy atom. The van der Waals surface area contributed by atoms with Crippen LogP contribution >= 0.6 is 11.6 Å². The van der Waals surface area contributed by atoms with Crippen LogP contribution in [-0.4, -0.2) is 12.6 Å². The van der Waals surface area contributed by atoms with E-state index >= 15 is 0 Å². The molecule has 2 rings (SSSR count). The molecule has 2 aromatic rings. The standard InChI is InChI=1S/C18H21ClN2O2/c1-3-23-17-9-7-15(8-10-17)13(2)21-18(22)20-12-14-5-4-6-16(19)11-14/h4-11,13H,3,12H2,1-2H3,(H2,20,21,22)/t13-/m0/s1. The maximum Gasteiger partial charge on any atom is 0.315 e. The van der Waals surface area contributed by atoms with Crippen LogP contribution in [-0.2, 0) is 6.54 Å². The fourth-order valence-corrected chi connectivity index (χ4v) is 2.39. The van der Waals surface area contributed by atoms with Gasteiger partial charge >= 0.3 is 6.03 Å². The van der Waals surface area contributed by atoms with Crippen LogP contribution in [0.25, 0.3) is 0 Å². The van der Waals surface area contributed by atoms with Gasteiger partial charge in [0.05, 0.1) is 12.6 Å². The number of ether oxygens (including phenoxy) is 1. The second kappa shape index (κ2) is 8.44. The summed E-state index contributed by atoms with van der Waals surface area (Å²) in [6.45, 7) is 4.96. The molecule has 0 saturated heterocycles. The number of carbonyl (C=O) groups excluding carboxylic acids is 1. The van der Waals surface area contributed by atoms with E-state index in [1.165, 1.54) is 0 Å². The van der Waals surface area contributed by atoms with Crippen LogP contribution in [0.2, 0.25) is 5.02 Å². The maximum absolute atomic E-state index is 12.0. The number of carbonyl (C=O) groups is 1. The molecule has 0 aliphatic heterocycles. The van der Waals surface area contributed by atoms with E-state index < -0.39 is 0 Å². The van der Waals surface area contributed by atoms with Crippen molar-refractivity contribution in [2.24, 2.45) is 0 Å². The first-order valence-electron chi connectivity index (χ1n) is 7.60. The number of nitrogens with one attached hydrogen (secondary N) is 2. The zero-order valence-electron chi connectivity index (χ0n) is 13.3. The first-order valence-corrected chi connectivity index (χ1v) is 7.98. The van der Waals surface area contributed by atoms with E-state index in [2.05, 4.69) is 10.6 Å². The van der Waals surface area contributed by atoms with Gasteiger partial charge in [-0.1, -0.05) is 35.9 Å². The van der Waals surface area contributed by atoms with Gasteiger partial charge in [0.2, 0.25) is 0 Å². The molecular weight excluding hydrogens is 312 g/mol. The Kier molecular flexibility index (Phi) is 6.29. The second-order valence-electron chi connectivity index (χ2n) is 5.18. The van der Waals surface area contributed by atoms with Crippen molar-refractivity contribution in [3.05, 3.63) is 64.7 Å². The average Bonchev–Trinajstić information content (AvgIpc) is 2.54. The van der Waals surface area contributed by atoms with Gasteiger partial charge in [-0.25, -0.2) is 4.79 Å². The Hall–Kier alpha value is -2.20. The number of halogens is 1. The Labute approximate surface area is 141 Å². The quantitative estimate of drug-likeness (QED) is 0.828. The van der Waals surface area contributed by atoms with E-state index in [-0.39, 0.29) is 12.1 Å². The Morgan fingerprint density at radius 2 is 1.96 bits per heavy atom. The highest BCUT2D eigenvalue weighted by Crippen LogP contribution is 2.17.